The zero-order chi connectivity index (χ0) is 22.5. The molecule has 0 bridgehead atoms. The van der Waals surface area contributed by atoms with Crippen molar-refractivity contribution in [2.24, 2.45) is 0 Å². The van der Waals surface area contributed by atoms with Crippen LogP contribution in [0, 0.1) is 13.8 Å². The molecule has 2 amide bonds. The molecule has 2 rings (SSSR count). The van der Waals surface area contributed by atoms with Crippen LogP contribution >= 0.6 is 0 Å². The van der Waals surface area contributed by atoms with Crippen LogP contribution in [0.25, 0.3) is 0 Å². The van der Waals surface area contributed by atoms with E-state index in [-0.39, 0.29) is 24.1 Å². The molecule has 2 N–H and O–H groups in total. The van der Waals surface area contributed by atoms with Gasteiger partial charge in [0.1, 0.15) is 5.69 Å². The third-order valence-electron chi connectivity index (χ3n) is 5.00. The molecule has 30 heavy (non-hydrogen) atoms. The van der Waals surface area contributed by atoms with Crippen LogP contribution in [0.2, 0.25) is 0 Å². The Hall–Kier alpha value is -2.39. The van der Waals surface area contributed by atoms with Gasteiger partial charge in [-0.1, -0.05) is 0 Å². The number of Topliss-reactive ketones (excluding diaryl/α,β-unsaturated/α-hetero) is 1. The number of ketones is 1. The topological polar surface area (TPSA) is 104 Å². The van der Waals surface area contributed by atoms with Gasteiger partial charge in [-0.25, -0.2) is 9.59 Å². The van der Waals surface area contributed by atoms with Crippen LogP contribution in [0.3, 0.4) is 0 Å². The third-order valence-corrected chi connectivity index (χ3v) is 5.00. The fourth-order valence-electron chi connectivity index (χ4n) is 3.47. The molecular weight excluding hydrogens is 388 g/mol. The molecular formula is C21H34N4O5. The monoisotopic (exact) mass is 422 g/mol. The second-order valence-electron chi connectivity index (χ2n) is 8.60. The predicted octanol–water partition coefficient (Wildman–Crippen LogP) is 1.74. The van der Waals surface area contributed by atoms with Crippen molar-refractivity contribution in [2.45, 2.75) is 40.2 Å². The van der Waals surface area contributed by atoms with Crippen LogP contribution in [0.5, 0.6) is 0 Å². The van der Waals surface area contributed by atoms with Gasteiger partial charge in [0.15, 0.2) is 5.78 Å². The van der Waals surface area contributed by atoms with E-state index in [9.17, 15) is 14.4 Å². The molecule has 1 aromatic rings. The number of nitrogens with one attached hydrogen (secondary N) is 2. The van der Waals surface area contributed by atoms with Crippen LogP contribution in [0.15, 0.2) is 0 Å². The summed E-state index contributed by atoms with van der Waals surface area (Å²) in [6, 6.07) is -0.289. The van der Waals surface area contributed by atoms with Crippen molar-refractivity contribution in [1.82, 2.24) is 20.1 Å². The summed E-state index contributed by atoms with van der Waals surface area (Å²) in [5.41, 5.74) is 1.39. The highest BCUT2D eigenvalue weighted by Gasteiger charge is 2.27. The van der Waals surface area contributed by atoms with Crippen molar-refractivity contribution in [1.29, 1.82) is 0 Å². The number of hydrogen-bond donors (Lipinski definition) is 2. The number of aromatic amines is 1. The summed E-state index contributed by atoms with van der Waals surface area (Å²) in [6.07, 6.45) is 0. The number of urea groups is 1. The fraction of sp³-hybridized carbons (Fsp3) is 0.667. The standard InChI is InChI=1S/C21H34N4O5/c1-14-17(15(2)22-18(14)19(27)29-6)16(26)13-25(20(28)23-21(3,4)5)8-7-24-9-11-30-12-10-24/h22H,7-13H2,1-6H3,(H,23,28). The largest absolute Gasteiger partial charge is 0.464 e. The Labute approximate surface area is 178 Å². The number of carbonyl (C=O) groups is 3. The van der Waals surface area contributed by atoms with E-state index in [1.54, 1.807) is 13.8 Å². The van der Waals surface area contributed by atoms with Crippen LogP contribution in [-0.2, 0) is 9.47 Å². The Balaban J connectivity index is 2.17. The molecule has 0 aliphatic carbocycles. The number of hydrogen-bond acceptors (Lipinski definition) is 6. The molecule has 168 valence electrons. The van der Waals surface area contributed by atoms with Gasteiger partial charge in [-0.3, -0.25) is 9.69 Å². The third kappa shape index (κ3) is 6.30. The molecule has 1 saturated heterocycles. The molecule has 1 aromatic heterocycles. The van der Waals surface area contributed by atoms with E-state index in [0.717, 1.165) is 13.1 Å². The Morgan fingerprint density at radius 2 is 1.83 bits per heavy atom. The average molecular weight is 423 g/mol. The van der Waals surface area contributed by atoms with E-state index < -0.39 is 11.5 Å². The Morgan fingerprint density at radius 3 is 2.40 bits per heavy atom. The number of ether oxygens (including phenoxy) is 2. The van der Waals surface area contributed by atoms with Crippen molar-refractivity contribution >= 4 is 17.8 Å². The molecule has 9 heteroatoms. The highest BCUT2D eigenvalue weighted by Crippen LogP contribution is 2.20. The second kappa shape index (κ2) is 10.1. The van der Waals surface area contributed by atoms with E-state index in [4.69, 9.17) is 9.47 Å². The quantitative estimate of drug-likeness (QED) is 0.512. The first-order valence-corrected chi connectivity index (χ1v) is 10.2. The average Bonchev–Trinajstić information content (AvgIpc) is 2.98. The maximum Gasteiger partial charge on any atom is 0.354 e. The lowest BCUT2D eigenvalue weighted by atomic mass is 10.1. The summed E-state index contributed by atoms with van der Waals surface area (Å²) in [7, 11) is 1.30. The zero-order valence-electron chi connectivity index (χ0n) is 18.9. The first kappa shape index (κ1) is 23.9. The van der Waals surface area contributed by atoms with Crippen LogP contribution in [0.4, 0.5) is 4.79 Å². The number of methoxy groups -OCH3 is 1. The lowest BCUT2D eigenvalue weighted by Gasteiger charge is -2.32. The van der Waals surface area contributed by atoms with Crippen molar-refractivity contribution in [3.63, 3.8) is 0 Å². The first-order chi connectivity index (χ1) is 14.0. The maximum absolute atomic E-state index is 13.1. The van der Waals surface area contributed by atoms with E-state index >= 15 is 0 Å². The number of aryl methyl sites for hydroxylation is 1. The lowest BCUT2D eigenvalue weighted by Crippen LogP contribution is -2.52. The highest BCUT2D eigenvalue weighted by atomic mass is 16.5. The summed E-state index contributed by atoms with van der Waals surface area (Å²) in [5.74, 6) is -0.744. The van der Waals surface area contributed by atoms with Crippen LogP contribution in [0.1, 0.15) is 52.9 Å². The summed E-state index contributed by atoms with van der Waals surface area (Å²) in [6.45, 7) is 13.1. The fourth-order valence-corrected chi connectivity index (χ4v) is 3.47. The molecule has 0 unspecified atom stereocenters. The van der Waals surface area contributed by atoms with Gasteiger partial charge in [-0.15, -0.1) is 0 Å². The van der Waals surface area contributed by atoms with Gasteiger partial charge < -0.3 is 24.7 Å². The van der Waals surface area contributed by atoms with Gasteiger partial charge >= 0.3 is 12.0 Å². The number of aromatic nitrogens is 1. The summed E-state index contributed by atoms with van der Waals surface area (Å²) < 4.78 is 10.1. The van der Waals surface area contributed by atoms with Crippen LogP contribution in [-0.4, -0.2) is 91.2 Å². The van der Waals surface area contributed by atoms with Crippen molar-refractivity contribution in [3.05, 3.63) is 22.5 Å². The van der Waals surface area contributed by atoms with E-state index in [2.05, 4.69) is 15.2 Å². The molecule has 9 nitrogen and oxygen atoms in total. The molecule has 2 heterocycles. The first-order valence-electron chi connectivity index (χ1n) is 10.2. The van der Waals surface area contributed by atoms with E-state index in [0.29, 0.717) is 43.1 Å². The number of H-pyrrole nitrogens is 1. The Bertz CT molecular complexity index is 775. The summed E-state index contributed by atoms with van der Waals surface area (Å²) >= 11 is 0. The molecule has 0 saturated carbocycles. The molecule has 1 fully saturated rings. The lowest BCUT2D eigenvalue weighted by molar-refractivity contribution is 0.0347. The van der Waals surface area contributed by atoms with Crippen LogP contribution < -0.4 is 5.32 Å². The van der Waals surface area contributed by atoms with Gasteiger partial charge in [-0.05, 0) is 40.2 Å². The Morgan fingerprint density at radius 1 is 1.20 bits per heavy atom. The van der Waals surface area contributed by atoms with Gasteiger partial charge in [0.25, 0.3) is 0 Å². The minimum absolute atomic E-state index is 0.0770. The number of carbonyl (C=O) groups excluding carboxylic acids is 3. The van der Waals surface area contributed by atoms with Gasteiger partial charge in [-0.2, -0.15) is 0 Å². The van der Waals surface area contributed by atoms with Gasteiger partial charge in [0.2, 0.25) is 0 Å². The van der Waals surface area contributed by atoms with E-state index in [1.807, 2.05) is 20.8 Å². The van der Waals surface area contributed by atoms with Gasteiger partial charge in [0, 0.05) is 43.0 Å². The number of esters is 1. The molecule has 1 aliphatic heterocycles. The highest BCUT2D eigenvalue weighted by molar-refractivity contribution is 6.04. The maximum atomic E-state index is 13.1. The van der Waals surface area contributed by atoms with E-state index in [1.165, 1.54) is 12.0 Å². The van der Waals surface area contributed by atoms with Crippen molar-refractivity contribution in [2.75, 3.05) is 53.0 Å². The molecule has 1 aliphatic rings. The smallest absolute Gasteiger partial charge is 0.354 e. The number of morpholine rings is 1. The molecule has 0 radical (unpaired) electrons. The van der Waals surface area contributed by atoms with Crippen molar-refractivity contribution < 1.29 is 23.9 Å². The SMILES string of the molecule is COC(=O)c1[nH]c(C)c(C(=O)CN(CCN2CCOCC2)C(=O)NC(C)(C)C)c1C. The normalized spacial score (nSPS) is 15.0. The Kier molecular flexibility index (Phi) is 8.03. The minimum atomic E-state index is -0.524. The number of amides is 2. The number of nitrogens with zero attached hydrogens (tertiary/aromatic N) is 2. The number of rotatable bonds is 7. The summed E-state index contributed by atoms with van der Waals surface area (Å²) in [4.78, 5) is 44.6. The molecule has 0 atom stereocenters. The molecule has 0 spiro atoms. The summed E-state index contributed by atoms with van der Waals surface area (Å²) in [5, 5.41) is 2.94. The zero-order valence-corrected chi connectivity index (χ0v) is 18.9. The minimum Gasteiger partial charge on any atom is -0.464 e. The van der Waals surface area contributed by atoms with Crippen molar-refractivity contribution in [3.8, 4) is 0 Å². The molecule has 0 aromatic carbocycles. The second-order valence-corrected chi connectivity index (χ2v) is 8.60. The predicted molar refractivity (Wildman–Crippen MR) is 113 cm³/mol. The van der Waals surface area contributed by atoms with Gasteiger partial charge in [0.05, 0.1) is 26.9 Å².